The van der Waals surface area contributed by atoms with Crippen LogP contribution >= 0.6 is 0 Å². The van der Waals surface area contributed by atoms with E-state index in [0.29, 0.717) is 25.3 Å². The molecule has 8 nitrogen and oxygen atoms in total. The van der Waals surface area contributed by atoms with Crippen LogP contribution in [-0.2, 0) is 14.3 Å². The average molecular weight is 362 g/mol. The van der Waals surface area contributed by atoms with Gasteiger partial charge in [0, 0.05) is 45.1 Å². The van der Waals surface area contributed by atoms with Crippen LogP contribution in [0.2, 0.25) is 0 Å². The second kappa shape index (κ2) is 9.07. The molecule has 0 spiro atoms. The summed E-state index contributed by atoms with van der Waals surface area (Å²) in [6.07, 6.45) is 1.21. The van der Waals surface area contributed by atoms with E-state index in [1.165, 1.54) is 7.11 Å². The van der Waals surface area contributed by atoms with Gasteiger partial charge >= 0.3 is 17.9 Å². The average Bonchev–Trinajstić information content (AvgIpc) is 2.66. The molecule has 0 atom stereocenters. The molecule has 8 heteroatoms. The van der Waals surface area contributed by atoms with E-state index in [-0.39, 0.29) is 12.0 Å². The molecule has 0 saturated carbocycles. The molecule has 0 aromatic heterocycles. The van der Waals surface area contributed by atoms with Crippen LogP contribution in [0, 0.1) is 5.92 Å². The minimum absolute atomic E-state index is 0.243. The molecule has 2 rings (SSSR count). The maximum atomic E-state index is 12.0. The Morgan fingerprint density at radius 2 is 1.73 bits per heavy atom. The number of methoxy groups -OCH3 is 1. The number of nitrogens with one attached hydrogen (secondary N) is 2. The maximum Gasteiger partial charge on any atom is 0.409 e. The van der Waals surface area contributed by atoms with Gasteiger partial charge in [-0.25, -0.2) is 4.79 Å². The summed E-state index contributed by atoms with van der Waals surface area (Å²) in [6, 6.07) is 7.23. The van der Waals surface area contributed by atoms with Gasteiger partial charge in [0.25, 0.3) is 0 Å². The summed E-state index contributed by atoms with van der Waals surface area (Å²) in [4.78, 5) is 39.0. The molecular weight excluding hydrogens is 336 g/mol. The van der Waals surface area contributed by atoms with Gasteiger partial charge in [-0.15, -0.1) is 0 Å². The molecule has 142 valence electrons. The lowest BCUT2D eigenvalue weighted by Gasteiger charge is -2.30. The summed E-state index contributed by atoms with van der Waals surface area (Å²) < 4.78 is 4.69. The van der Waals surface area contributed by atoms with Gasteiger partial charge in [-0.2, -0.15) is 0 Å². The highest BCUT2D eigenvalue weighted by Crippen LogP contribution is 2.17. The van der Waals surface area contributed by atoms with Gasteiger partial charge < -0.3 is 25.2 Å². The molecule has 0 radical (unpaired) electrons. The number of carbonyl (C=O) groups is 3. The van der Waals surface area contributed by atoms with Gasteiger partial charge in [0.05, 0.1) is 7.11 Å². The minimum atomic E-state index is -0.686. The van der Waals surface area contributed by atoms with Gasteiger partial charge in [-0.1, -0.05) is 0 Å². The first-order valence-electron chi connectivity index (χ1n) is 8.60. The number of anilines is 2. The maximum absolute atomic E-state index is 12.0. The van der Waals surface area contributed by atoms with Crippen LogP contribution < -0.4 is 15.5 Å². The Labute approximate surface area is 153 Å². The van der Waals surface area contributed by atoms with Crippen LogP contribution in [0.25, 0.3) is 0 Å². The van der Waals surface area contributed by atoms with E-state index in [2.05, 4.69) is 10.6 Å². The molecule has 0 bridgehead atoms. The van der Waals surface area contributed by atoms with Crippen molar-refractivity contribution in [2.45, 2.75) is 12.8 Å². The van der Waals surface area contributed by atoms with Crippen molar-refractivity contribution in [3.8, 4) is 0 Å². The molecule has 1 heterocycles. The van der Waals surface area contributed by atoms with E-state index in [1.807, 2.05) is 31.1 Å². The van der Waals surface area contributed by atoms with Gasteiger partial charge in [0.2, 0.25) is 0 Å². The van der Waals surface area contributed by atoms with Crippen molar-refractivity contribution in [1.29, 1.82) is 0 Å². The van der Waals surface area contributed by atoms with Crippen LogP contribution in [0.1, 0.15) is 12.8 Å². The van der Waals surface area contributed by atoms with Crippen LogP contribution in [0.15, 0.2) is 24.3 Å². The standard InChI is InChI=1S/C18H26N4O4/c1-21(2)15-6-4-14(5-7-15)20-17(24)16(23)19-12-13-8-10-22(11-9-13)18(25)26-3/h4-7,13H,8-12H2,1-3H3,(H,19,23)(H,20,24). The minimum Gasteiger partial charge on any atom is -0.453 e. The molecule has 1 saturated heterocycles. The zero-order chi connectivity index (χ0) is 19.1. The largest absolute Gasteiger partial charge is 0.453 e. The lowest BCUT2D eigenvalue weighted by atomic mass is 9.97. The summed E-state index contributed by atoms with van der Waals surface area (Å²) in [6.45, 7) is 1.61. The monoisotopic (exact) mass is 362 g/mol. The van der Waals surface area contributed by atoms with Crippen molar-refractivity contribution in [2.75, 3.05) is 51.1 Å². The predicted molar refractivity (Wildman–Crippen MR) is 99.1 cm³/mol. The highest BCUT2D eigenvalue weighted by molar-refractivity contribution is 6.39. The van der Waals surface area contributed by atoms with Crippen LogP contribution in [-0.4, -0.2) is 63.6 Å². The second-order valence-corrected chi connectivity index (χ2v) is 6.51. The van der Waals surface area contributed by atoms with E-state index in [0.717, 1.165) is 18.5 Å². The highest BCUT2D eigenvalue weighted by Gasteiger charge is 2.24. The summed E-state index contributed by atoms with van der Waals surface area (Å²) in [7, 11) is 5.22. The number of amides is 3. The van der Waals surface area contributed by atoms with Crippen molar-refractivity contribution in [2.24, 2.45) is 5.92 Å². The van der Waals surface area contributed by atoms with Gasteiger partial charge in [0.1, 0.15) is 0 Å². The number of piperidine rings is 1. The van der Waals surface area contributed by atoms with Crippen LogP contribution in [0.5, 0.6) is 0 Å². The number of hydrogen-bond donors (Lipinski definition) is 2. The molecule has 0 unspecified atom stereocenters. The highest BCUT2D eigenvalue weighted by atomic mass is 16.5. The zero-order valence-electron chi connectivity index (χ0n) is 15.4. The predicted octanol–water partition coefficient (Wildman–Crippen LogP) is 1.29. The second-order valence-electron chi connectivity index (χ2n) is 6.51. The smallest absolute Gasteiger partial charge is 0.409 e. The number of hydrogen-bond acceptors (Lipinski definition) is 5. The zero-order valence-corrected chi connectivity index (χ0v) is 15.4. The Morgan fingerprint density at radius 3 is 2.27 bits per heavy atom. The SMILES string of the molecule is COC(=O)N1CCC(CNC(=O)C(=O)Nc2ccc(N(C)C)cc2)CC1. The quantitative estimate of drug-likeness (QED) is 0.788. The molecule has 1 fully saturated rings. The Kier molecular flexibility index (Phi) is 6.82. The first kappa shape index (κ1) is 19.6. The van der Waals surface area contributed by atoms with E-state index in [4.69, 9.17) is 4.74 Å². The number of carbonyl (C=O) groups excluding carboxylic acids is 3. The molecular formula is C18H26N4O4. The summed E-state index contributed by atoms with van der Waals surface area (Å²) in [5.74, 6) is -1.10. The van der Waals surface area contributed by atoms with Crippen molar-refractivity contribution in [1.82, 2.24) is 10.2 Å². The topological polar surface area (TPSA) is 91.0 Å². The number of rotatable bonds is 4. The fourth-order valence-electron chi connectivity index (χ4n) is 2.80. The van der Waals surface area contributed by atoms with Crippen molar-refractivity contribution < 1.29 is 19.1 Å². The number of nitrogens with zero attached hydrogens (tertiary/aromatic N) is 2. The summed E-state index contributed by atoms with van der Waals surface area (Å²) >= 11 is 0. The molecule has 26 heavy (non-hydrogen) atoms. The molecule has 1 aromatic carbocycles. The van der Waals surface area contributed by atoms with E-state index >= 15 is 0 Å². The number of benzene rings is 1. The Morgan fingerprint density at radius 1 is 1.12 bits per heavy atom. The van der Waals surface area contributed by atoms with Gasteiger partial charge in [-0.05, 0) is 43.0 Å². The summed E-state index contributed by atoms with van der Waals surface area (Å²) in [5.41, 5.74) is 1.58. The van der Waals surface area contributed by atoms with E-state index < -0.39 is 11.8 Å². The molecule has 1 aliphatic rings. The third-order valence-corrected chi connectivity index (χ3v) is 4.45. The fraction of sp³-hybridized carbons (Fsp3) is 0.500. The summed E-state index contributed by atoms with van der Waals surface area (Å²) in [5, 5.41) is 5.25. The van der Waals surface area contributed by atoms with Gasteiger partial charge in [0.15, 0.2) is 0 Å². The normalized spacial score (nSPS) is 14.5. The Balaban J connectivity index is 1.74. The van der Waals surface area contributed by atoms with Crippen molar-refractivity contribution >= 4 is 29.3 Å². The molecule has 2 N–H and O–H groups in total. The first-order valence-corrected chi connectivity index (χ1v) is 8.60. The lowest BCUT2D eigenvalue weighted by Crippen LogP contribution is -2.43. The first-order chi connectivity index (χ1) is 12.4. The van der Waals surface area contributed by atoms with Gasteiger partial charge in [-0.3, -0.25) is 9.59 Å². The van der Waals surface area contributed by atoms with E-state index in [9.17, 15) is 14.4 Å². The molecule has 3 amide bonds. The molecule has 1 aromatic rings. The van der Waals surface area contributed by atoms with Crippen molar-refractivity contribution in [3.63, 3.8) is 0 Å². The number of ether oxygens (including phenoxy) is 1. The van der Waals surface area contributed by atoms with E-state index in [1.54, 1.807) is 17.0 Å². The van der Waals surface area contributed by atoms with Crippen LogP contribution in [0.4, 0.5) is 16.2 Å². The lowest BCUT2D eigenvalue weighted by molar-refractivity contribution is -0.136. The Bertz CT molecular complexity index is 637. The molecule has 1 aliphatic heterocycles. The fourth-order valence-corrected chi connectivity index (χ4v) is 2.80. The third kappa shape index (κ3) is 5.37. The number of likely N-dealkylation sites (tertiary alicyclic amines) is 1. The van der Waals surface area contributed by atoms with Crippen molar-refractivity contribution in [3.05, 3.63) is 24.3 Å². The third-order valence-electron chi connectivity index (χ3n) is 4.45. The Hall–Kier alpha value is -2.77. The molecule has 0 aliphatic carbocycles. The van der Waals surface area contributed by atoms with Crippen LogP contribution in [0.3, 0.4) is 0 Å².